The van der Waals surface area contributed by atoms with Crippen LogP contribution in [-0.2, 0) is 16.6 Å². The smallest absolute Gasteiger partial charge is 0.408 e. The normalized spacial score (nSPS) is 11.7. The van der Waals surface area contributed by atoms with Crippen molar-refractivity contribution in [3.63, 3.8) is 0 Å². The molecule has 0 aliphatic rings. The summed E-state index contributed by atoms with van der Waals surface area (Å²) in [6.07, 6.45) is 0. The third kappa shape index (κ3) is 2.50. The van der Waals surface area contributed by atoms with E-state index in [4.69, 9.17) is 4.42 Å². The second kappa shape index (κ2) is 5.34. The van der Waals surface area contributed by atoms with Crippen molar-refractivity contribution in [2.75, 3.05) is 4.72 Å². The van der Waals surface area contributed by atoms with Crippen molar-refractivity contribution >= 4 is 26.8 Å². The molecule has 114 valence electrons. The van der Waals surface area contributed by atoms with Crippen LogP contribution in [0.2, 0.25) is 0 Å². The number of hydrogen-bond donors (Lipinski definition) is 1. The Balaban J connectivity index is 2.04. The largest absolute Gasteiger partial charge is 0.419 e. The molecule has 0 aliphatic heterocycles. The SMILES string of the molecule is CCn1c(=O)oc2cc(S(=O)(=O)Nc3ccccc3)ccc21. The fourth-order valence-corrected chi connectivity index (χ4v) is 3.31. The molecular formula is C15H14N2O4S. The second-order valence-corrected chi connectivity index (χ2v) is 6.40. The highest BCUT2D eigenvalue weighted by molar-refractivity contribution is 7.92. The first-order chi connectivity index (χ1) is 10.5. The summed E-state index contributed by atoms with van der Waals surface area (Å²) >= 11 is 0. The molecule has 0 radical (unpaired) electrons. The molecule has 22 heavy (non-hydrogen) atoms. The molecule has 0 atom stereocenters. The monoisotopic (exact) mass is 318 g/mol. The van der Waals surface area contributed by atoms with Crippen LogP contribution in [0.1, 0.15) is 6.92 Å². The van der Waals surface area contributed by atoms with Gasteiger partial charge in [-0.1, -0.05) is 18.2 Å². The van der Waals surface area contributed by atoms with E-state index in [2.05, 4.69) is 4.72 Å². The molecule has 3 aromatic rings. The van der Waals surface area contributed by atoms with Crippen molar-refractivity contribution < 1.29 is 12.8 Å². The number of nitrogens with zero attached hydrogens (tertiary/aromatic N) is 1. The lowest BCUT2D eigenvalue weighted by Crippen LogP contribution is -2.13. The maximum Gasteiger partial charge on any atom is 0.419 e. The summed E-state index contributed by atoms with van der Waals surface area (Å²) in [4.78, 5) is 11.7. The van der Waals surface area contributed by atoms with Crippen LogP contribution < -0.4 is 10.5 Å². The molecule has 0 aliphatic carbocycles. The van der Waals surface area contributed by atoms with Crippen LogP contribution in [0.3, 0.4) is 0 Å². The summed E-state index contributed by atoms with van der Waals surface area (Å²) in [6, 6.07) is 13.0. The third-order valence-electron chi connectivity index (χ3n) is 3.29. The van der Waals surface area contributed by atoms with Gasteiger partial charge in [-0.2, -0.15) is 0 Å². The number of benzene rings is 2. The fraction of sp³-hybridized carbons (Fsp3) is 0.133. The Hall–Kier alpha value is -2.54. The molecule has 0 amide bonds. The van der Waals surface area contributed by atoms with E-state index in [-0.39, 0.29) is 10.5 Å². The Morgan fingerprint density at radius 1 is 1.14 bits per heavy atom. The number of hydrogen-bond acceptors (Lipinski definition) is 4. The predicted molar refractivity (Wildman–Crippen MR) is 83.4 cm³/mol. The number of oxazole rings is 1. The van der Waals surface area contributed by atoms with Gasteiger partial charge in [0, 0.05) is 18.3 Å². The molecule has 0 bridgehead atoms. The lowest BCUT2D eigenvalue weighted by molar-refractivity contribution is 0.512. The Bertz CT molecular complexity index is 972. The van der Waals surface area contributed by atoms with Crippen molar-refractivity contribution in [1.82, 2.24) is 4.57 Å². The van der Waals surface area contributed by atoms with Crippen LogP contribution in [0, 0.1) is 0 Å². The molecule has 7 heteroatoms. The van der Waals surface area contributed by atoms with Gasteiger partial charge in [-0.15, -0.1) is 0 Å². The van der Waals surface area contributed by atoms with E-state index in [1.807, 2.05) is 6.92 Å². The van der Waals surface area contributed by atoms with Crippen LogP contribution in [0.4, 0.5) is 5.69 Å². The maximum absolute atomic E-state index is 12.4. The minimum Gasteiger partial charge on any atom is -0.408 e. The maximum atomic E-state index is 12.4. The number of nitrogens with one attached hydrogen (secondary N) is 1. The van der Waals surface area contributed by atoms with E-state index in [0.717, 1.165) is 0 Å². The zero-order chi connectivity index (χ0) is 15.7. The Morgan fingerprint density at radius 3 is 2.55 bits per heavy atom. The van der Waals surface area contributed by atoms with Gasteiger partial charge in [-0.25, -0.2) is 13.2 Å². The Kier molecular flexibility index (Phi) is 3.50. The highest BCUT2D eigenvalue weighted by Gasteiger charge is 2.17. The summed E-state index contributed by atoms with van der Waals surface area (Å²) in [5.41, 5.74) is 1.30. The average Bonchev–Trinajstić information content (AvgIpc) is 2.82. The van der Waals surface area contributed by atoms with Crippen molar-refractivity contribution in [3.8, 4) is 0 Å². The van der Waals surface area contributed by atoms with Crippen LogP contribution in [0.15, 0.2) is 62.6 Å². The number of anilines is 1. The molecule has 0 spiro atoms. The highest BCUT2D eigenvalue weighted by Crippen LogP contribution is 2.21. The minimum absolute atomic E-state index is 0.0425. The first kappa shape index (κ1) is 14.4. The number of aromatic nitrogens is 1. The van der Waals surface area contributed by atoms with E-state index < -0.39 is 15.8 Å². The standard InChI is InChI=1S/C15H14N2O4S/c1-2-17-13-9-8-12(10-14(13)21-15(17)18)22(19,20)16-11-6-4-3-5-7-11/h3-10,16H,2H2,1H3. The molecular weight excluding hydrogens is 304 g/mol. The fourth-order valence-electron chi connectivity index (χ4n) is 2.23. The van der Waals surface area contributed by atoms with E-state index >= 15 is 0 Å². The van der Waals surface area contributed by atoms with Gasteiger partial charge < -0.3 is 4.42 Å². The van der Waals surface area contributed by atoms with Gasteiger partial charge in [0.25, 0.3) is 10.0 Å². The van der Waals surface area contributed by atoms with E-state index in [9.17, 15) is 13.2 Å². The number of fused-ring (bicyclic) bond motifs is 1. The van der Waals surface area contributed by atoms with Gasteiger partial charge in [0.2, 0.25) is 0 Å². The summed E-state index contributed by atoms with van der Waals surface area (Å²) in [5.74, 6) is -0.497. The zero-order valence-electron chi connectivity index (χ0n) is 11.8. The van der Waals surface area contributed by atoms with Crippen LogP contribution >= 0.6 is 0 Å². The van der Waals surface area contributed by atoms with Crippen LogP contribution in [-0.4, -0.2) is 13.0 Å². The van der Waals surface area contributed by atoms with Crippen molar-refractivity contribution in [3.05, 3.63) is 59.1 Å². The van der Waals surface area contributed by atoms with E-state index in [0.29, 0.717) is 17.7 Å². The third-order valence-corrected chi connectivity index (χ3v) is 4.67. The molecule has 2 aromatic carbocycles. The predicted octanol–water partition coefficient (Wildman–Crippen LogP) is 2.42. The van der Waals surface area contributed by atoms with Crippen molar-refractivity contribution in [1.29, 1.82) is 0 Å². The van der Waals surface area contributed by atoms with E-state index in [1.54, 1.807) is 36.4 Å². The van der Waals surface area contributed by atoms with Gasteiger partial charge in [0.15, 0.2) is 5.58 Å². The molecule has 0 saturated heterocycles. The first-order valence-corrected chi connectivity index (χ1v) is 8.21. The number of sulfonamides is 1. The van der Waals surface area contributed by atoms with Crippen molar-refractivity contribution in [2.45, 2.75) is 18.4 Å². The summed E-state index contributed by atoms with van der Waals surface area (Å²) in [5, 5.41) is 0. The molecule has 0 unspecified atom stereocenters. The van der Waals surface area contributed by atoms with Crippen LogP contribution in [0.25, 0.3) is 11.1 Å². The lowest BCUT2D eigenvalue weighted by atomic mass is 10.3. The Labute approximate surface area is 127 Å². The van der Waals surface area contributed by atoms with Gasteiger partial charge in [-0.05, 0) is 31.2 Å². The highest BCUT2D eigenvalue weighted by atomic mass is 32.2. The van der Waals surface area contributed by atoms with E-state index in [1.165, 1.54) is 16.7 Å². The quantitative estimate of drug-likeness (QED) is 0.801. The molecule has 1 heterocycles. The zero-order valence-corrected chi connectivity index (χ0v) is 12.6. The minimum atomic E-state index is -3.74. The molecule has 0 saturated carbocycles. The summed E-state index contributed by atoms with van der Waals surface area (Å²) in [6.45, 7) is 2.28. The van der Waals surface area contributed by atoms with Gasteiger partial charge in [0.05, 0.1) is 10.4 Å². The first-order valence-electron chi connectivity index (χ1n) is 6.72. The van der Waals surface area contributed by atoms with Gasteiger partial charge >= 0.3 is 5.76 Å². The summed E-state index contributed by atoms with van der Waals surface area (Å²) < 4.78 is 33.7. The second-order valence-electron chi connectivity index (χ2n) is 4.71. The summed E-state index contributed by atoms with van der Waals surface area (Å²) in [7, 11) is -3.74. The number of aryl methyl sites for hydroxylation is 1. The molecule has 3 rings (SSSR count). The number of para-hydroxylation sites is 1. The lowest BCUT2D eigenvalue weighted by Gasteiger charge is -2.07. The topological polar surface area (TPSA) is 81.3 Å². The molecule has 1 N–H and O–H groups in total. The van der Waals surface area contributed by atoms with Crippen molar-refractivity contribution in [2.24, 2.45) is 0 Å². The van der Waals surface area contributed by atoms with Gasteiger partial charge in [0.1, 0.15) is 0 Å². The van der Waals surface area contributed by atoms with Crippen LogP contribution in [0.5, 0.6) is 0 Å². The van der Waals surface area contributed by atoms with Gasteiger partial charge in [-0.3, -0.25) is 9.29 Å². The molecule has 1 aromatic heterocycles. The average molecular weight is 318 g/mol. The molecule has 0 fully saturated rings. The molecule has 6 nitrogen and oxygen atoms in total. The Morgan fingerprint density at radius 2 is 1.86 bits per heavy atom. The number of rotatable bonds is 4.